The molecule has 6 nitrogen and oxygen atoms in total. The molecule has 0 bridgehead atoms. The molecule has 1 aromatic rings. The summed E-state index contributed by atoms with van der Waals surface area (Å²) in [5.74, 6) is 1.08. The van der Waals surface area contributed by atoms with Crippen LogP contribution in [-0.4, -0.2) is 23.5 Å². The van der Waals surface area contributed by atoms with Gasteiger partial charge in [0, 0.05) is 23.7 Å². The van der Waals surface area contributed by atoms with E-state index in [1.165, 1.54) is 18.2 Å². The Balaban J connectivity index is 1.60. The van der Waals surface area contributed by atoms with Gasteiger partial charge in [0.25, 0.3) is 0 Å². The van der Waals surface area contributed by atoms with E-state index in [1.807, 2.05) is 19.1 Å². The summed E-state index contributed by atoms with van der Waals surface area (Å²) < 4.78 is 5.89. The molecule has 0 aromatic carbocycles. The van der Waals surface area contributed by atoms with Gasteiger partial charge in [-0.05, 0) is 43.7 Å². The Kier molecular flexibility index (Phi) is 6.52. The fourth-order valence-electron chi connectivity index (χ4n) is 5.04. The average molecular weight is 454 g/mol. The van der Waals surface area contributed by atoms with Crippen molar-refractivity contribution in [2.75, 3.05) is 5.75 Å². The molecule has 1 saturated carbocycles. The zero-order valence-corrected chi connectivity index (χ0v) is 19.9. The molecular weight excluding hydrogens is 422 g/mol. The molecule has 0 unspecified atom stereocenters. The quantitative estimate of drug-likeness (QED) is 0.663. The van der Waals surface area contributed by atoms with E-state index in [9.17, 15) is 14.9 Å². The Morgan fingerprint density at radius 2 is 2.03 bits per heavy atom. The van der Waals surface area contributed by atoms with E-state index < -0.39 is 5.92 Å². The van der Waals surface area contributed by atoms with E-state index in [0.29, 0.717) is 34.8 Å². The maximum atomic E-state index is 13.1. The molecule has 2 heterocycles. The second-order valence-corrected chi connectivity index (χ2v) is 10.9. The van der Waals surface area contributed by atoms with Crippen LogP contribution in [0.5, 0.6) is 0 Å². The smallest absolute Gasteiger partial charge is 0.230 e. The van der Waals surface area contributed by atoms with Gasteiger partial charge in [-0.3, -0.25) is 9.59 Å². The summed E-state index contributed by atoms with van der Waals surface area (Å²) in [5.41, 5.74) is 1.76. The van der Waals surface area contributed by atoms with Gasteiger partial charge in [0.1, 0.15) is 11.5 Å². The third kappa shape index (κ3) is 4.80. The zero-order chi connectivity index (χ0) is 22.9. The van der Waals surface area contributed by atoms with Gasteiger partial charge in [-0.15, -0.1) is 0 Å². The Labute approximate surface area is 193 Å². The van der Waals surface area contributed by atoms with Crippen LogP contribution in [0.2, 0.25) is 0 Å². The van der Waals surface area contributed by atoms with Crippen molar-refractivity contribution in [1.82, 2.24) is 10.6 Å². The SMILES string of the molecule is Cc1ccc([C@@H]2C(C#N)=C(SCC(=O)NC3CCCCC3)NC3=C2C(=O)CC(C)(C)C3)o1. The molecule has 2 aliphatic carbocycles. The maximum Gasteiger partial charge on any atom is 0.230 e. The summed E-state index contributed by atoms with van der Waals surface area (Å²) in [6.07, 6.45) is 6.78. The Morgan fingerprint density at radius 1 is 1.28 bits per heavy atom. The predicted octanol–water partition coefficient (Wildman–Crippen LogP) is 4.84. The number of nitrogens with one attached hydrogen (secondary N) is 2. The highest BCUT2D eigenvalue weighted by Gasteiger charge is 2.43. The van der Waals surface area contributed by atoms with Gasteiger partial charge in [0.2, 0.25) is 5.91 Å². The molecule has 3 aliphatic rings. The number of nitriles is 1. The van der Waals surface area contributed by atoms with Gasteiger partial charge in [-0.2, -0.15) is 5.26 Å². The van der Waals surface area contributed by atoms with Crippen LogP contribution in [0.3, 0.4) is 0 Å². The first kappa shape index (κ1) is 22.7. The Morgan fingerprint density at radius 3 is 2.69 bits per heavy atom. The highest BCUT2D eigenvalue weighted by Crippen LogP contribution is 2.48. The molecule has 1 amide bonds. The monoisotopic (exact) mass is 453 g/mol. The first-order valence-corrected chi connectivity index (χ1v) is 12.4. The summed E-state index contributed by atoms with van der Waals surface area (Å²) in [4.78, 5) is 25.7. The van der Waals surface area contributed by atoms with Crippen LogP contribution < -0.4 is 10.6 Å². The Hall–Kier alpha value is -2.46. The van der Waals surface area contributed by atoms with Crippen LogP contribution >= 0.6 is 11.8 Å². The molecule has 1 fully saturated rings. The maximum absolute atomic E-state index is 13.1. The van der Waals surface area contributed by atoms with Crippen molar-refractivity contribution in [3.05, 3.63) is 45.5 Å². The lowest BCUT2D eigenvalue weighted by Gasteiger charge is -2.38. The molecule has 2 N–H and O–H groups in total. The average Bonchev–Trinajstić information content (AvgIpc) is 3.17. The van der Waals surface area contributed by atoms with Crippen molar-refractivity contribution >= 4 is 23.5 Å². The van der Waals surface area contributed by atoms with Crippen LogP contribution in [0.15, 0.2) is 38.4 Å². The summed E-state index contributed by atoms with van der Waals surface area (Å²) in [6.45, 7) is 6.01. The van der Waals surface area contributed by atoms with Crippen molar-refractivity contribution in [2.24, 2.45) is 5.41 Å². The second-order valence-electron chi connectivity index (χ2n) is 9.89. The number of amides is 1. The molecule has 1 aliphatic heterocycles. The minimum Gasteiger partial charge on any atom is -0.465 e. The number of furan rings is 1. The molecule has 32 heavy (non-hydrogen) atoms. The van der Waals surface area contributed by atoms with E-state index in [1.54, 1.807) is 0 Å². The van der Waals surface area contributed by atoms with Gasteiger partial charge >= 0.3 is 0 Å². The largest absolute Gasteiger partial charge is 0.465 e. The molecule has 1 aromatic heterocycles. The van der Waals surface area contributed by atoms with E-state index in [4.69, 9.17) is 4.42 Å². The molecule has 0 radical (unpaired) electrons. The van der Waals surface area contributed by atoms with Crippen molar-refractivity contribution in [3.63, 3.8) is 0 Å². The van der Waals surface area contributed by atoms with E-state index in [0.717, 1.165) is 37.1 Å². The number of hydrogen-bond donors (Lipinski definition) is 2. The molecule has 7 heteroatoms. The molecule has 0 saturated heterocycles. The van der Waals surface area contributed by atoms with Crippen LogP contribution in [0.25, 0.3) is 0 Å². The number of rotatable bonds is 5. The van der Waals surface area contributed by atoms with Crippen molar-refractivity contribution in [1.29, 1.82) is 5.26 Å². The van der Waals surface area contributed by atoms with Crippen molar-refractivity contribution < 1.29 is 14.0 Å². The van der Waals surface area contributed by atoms with Gasteiger partial charge < -0.3 is 15.1 Å². The van der Waals surface area contributed by atoms with E-state index >= 15 is 0 Å². The van der Waals surface area contributed by atoms with Crippen LogP contribution in [0.4, 0.5) is 0 Å². The fraction of sp³-hybridized carbons (Fsp3) is 0.560. The first-order chi connectivity index (χ1) is 15.3. The molecule has 1 atom stereocenters. The highest BCUT2D eigenvalue weighted by atomic mass is 32.2. The number of allylic oxidation sites excluding steroid dienone is 3. The number of nitrogens with zero attached hydrogens (tertiary/aromatic N) is 1. The lowest BCUT2D eigenvalue weighted by Crippen LogP contribution is -2.38. The minimum atomic E-state index is -0.530. The number of aryl methyl sites for hydroxylation is 1. The zero-order valence-electron chi connectivity index (χ0n) is 19.0. The molecule has 4 rings (SSSR count). The molecule has 0 spiro atoms. The summed E-state index contributed by atoms with van der Waals surface area (Å²) in [7, 11) is 0. The van der Waals surface area contributed by atoms with Gasteiger partial charge in [0.15, 0.2) is 5.78 Å². The third-order valence-electron chi connectivity index (χ3n) is 6.49. The predicted molar refractivity (Wildman–Crippen MR) is 124 cm³/mol. The number of thioether (sulfide) groups is 1. The highest BCUT2D eigenvalue weighted by molar-refractivity contribution is 8.03. The van der Waals surface area contributed by atoms with Gasteiger partial charge in [0.05, 0.1) is 28.3 Å². The third-order valence-corrected chi connectivity index (χ3v) is 7.51. The number of ketones is 1. The van der Waals surface area contributed by atoms with Gasteiger partial charge in [-0.25, -0.2) is 0 Å². The number of carbonyl (C=O) groups is 2. The van der Waals surface area contributed by atoms with Crippen LogP contribution in [0.1, 0.15) is 76.2 Å². The standard InChI is InChI=1S/C25H31N3O3S/c1-15-9-10-20(31-15)22-17(13-26)24(28-18-11-25(2,3)12-19(29)23(18)22)32-14-21(30)27-16-7-5-4-6-8-16/h9-10,16,22,28H,4-8,11-12,14H2,1-3H3,(H,27,30)/t22-/m0/s1. The van der Waals surface area contributed by atoms with Gasteiger partial charge in [-0.1, -0.05) is 44.9 Å². The normalized spacial score (nSPS) is 23.4. The van der Waals surface area contributed by atoms with Crippen molar-refractivity contribution in [2.45, 2.75) is 77.7 Å². The molecule has 170 valence electrons. The van der Waals surface area contributed by atoms with Crippen LogP contribution in [0, 0.1) is 23.7 Å². The lowest BCUT2D eigenvalue weighted by atomic mass is 9.70. The topological polar surface area (TPSA) is 95.1 Å². The molecular formula is C25H31N3O3S. The number of dihydropyridines is 1. The second kappa shape index (κ2) is 9.19. The number of Topliss-reactive ketones (excluding diaryl/α,β-unsaturated/α-hetero) is 1. The summed E-state index contributed by atoms with van der Waals surface area (Å²) >= 11 is 1.34. The number of hydrogen-bond acceptors (Lipinski definition) is 6. The van der Waals surface area contributed by atoms with E-state index in [2.05, 4.69) is 30.6 Å². The van der Waals surface area contributed by atoms with E-state index in [-0.39, 0.29) is 28.9 Å². The fourth-order valence-corrected chi connectivity index (χ4v) is 5.91. The Bertz CT molecular complexity index is 1020. The minimum absolute atomic E-state index is 0.0151. The summed E-state index contributed by atoms with van der Waals surface area (Å²) in [5, 5.41) is 17.2. The first-order valence-electron chi connectivity index (χ1n) is 11.4. The summed E-state index contributed by atoms with van der Waals surface area (Å²) in [6, 6.07) is 6.27. The lowest BCUT2D eigenvalue weighted by molar-refractivity contribution is -0.120. The van der Waals surface area contributed by atoms with Crippen LogP contribution in [-0.2, 0) is 9.59 Å². The van der Waals surface area contributed by atoms with Crippen molar-refractivity contribution in [3.8, 4) is 6.07 Å². The number of carbonyl (C=O) groups excluding carboxylic acids is 2.